The monoisotopic (exact) mass is 127 g/mol. The number of nitrogens with one attached hydrogen (secondary N) is 1. The highest BCUT2D eigenvalue weighted by atomic mass is 16.1. The van der Waals surface area contributed by atoms with Crippen LogP contribution in [0.4, 0.5) is 0 Å². The maximum atomic E-state index is 9.69. The van der Waals surface area contributed by atoms with Gasteiger partial charge in [-0.3, -0.25) is 4.79 Å². The standard InChI is InChI=1S/C7H13NO/c1-2-3-4-5-6-8-7-9/h4-5,7H,2-3,6H2,1H3,(H,8,9)/b5-4+. The normalized spacial score (nSPS) is 9.89. The first-order valence-electron chi connectivity index (χ1n) is 3.23. The van der Waals surface area contributed by atoms with Gasteiger partial charge >= 0.3 is 0 Å². The number of hydrogen-bond donors (Lipinski definition) is 1. The Morgan fingerprint density at radius 2 is 2.22 bits per heavy atom. The molecule has 0 fully saturated rings. The van der Waals surface area contributed by atoms with Crippen LogP contribution in [0.2, 0.25) is 0 Å². The summed E-state index contributed by atoms with van der Waals surface area (Å²) in [6.07, 6.45) is 6.99. The lowest BCUT2D eigenvalue weighted by Gasteiger charge is -1.87. The number of carbonyl (C=O) groups is 1. The number of unbranched alkanes of at least 4 members (excludes halogenated alkanes) is 1. The van der Waals surface area contributed by atoms with E-state index in [0.29, 0.717) is 13.0 Å². The van der Waals surface area contributed by atoms with Crippen molar-refractivity contribution >= 4 is 6.41 Å². The highest BCUT2D eigenvalue weighted by Crippen LogP contribution is 1.86. The number of hydrogen-bond acceptors (Lipinski definition) is 1. The number of carbonyl (C=O) groups excluding carboxylic acids is 1. The first kappa shape index (κ1) is 8.21. The quantitative estimate of drug-likeness (QED) is 0.334. The average Bonchev–Trinajstić information content (AvgIpc) is 1.89. The predicted octanol–water partition coefficient (Wildman–Crippen LogP) is 1.09. The summed E-state index contributed by atoms with van der Waals surface area (Å²) in [6.45, 7) is 2.78. The van der Waals surface area contributed by atoms with Gasteiger partial charge in [0.1, 0.15) is 0 Å². The maximum absolute atomic E-state index is 9.69. The lowest BCUT2D eigenvalue weighted by Crippen LogP contribution is -2.09. The third-order valence-corrected chi connectivity index (χ3v) is 0.941. The second-order valence-electron chi connectivity index (χ2n) is 1.79. The van der Waals surface area contributed by atoms with Crippen LogP contribution in [0, 0.1) is 0 Å². The Morgan fingerprint density at radius 3 is 2.78 bits per heavy atom. The molecule has 52 valence electrons. The van der Waals surface area contributed by atoms with Crippen molar-refractivity contribution in [3.63, 3.8) is 0 Å². The van der Waals surface area contributed by atoms with Gasteiger partial charge in [-0.15, -0.1) is 0 Å². The lowest BCUT2D eigenvalue weighted by atomic mass is 10.3. The third kappa shape index (κ3) is 7.21. The fourth-order valence-electron chi connectivity index (χ4n) is 0.484. The van der Waals surface area contributed by atoms with Crippen molar-refractivity contribution in [2.24, 2.45) is 0 Å². The van der Waals surface area contributed by atoms with Crippen molar-refractivity contribution < 1.29 is 4.79 Å². The summed E-state index contributed by atoms with van der Waals surface area (Å²) in [5, 5.41) is 2.54. The molecule has 9 heavy (non-hydrogen) atoms. The van der Waals surface area contributed by atoms with Crippen LogP contribution >= 0.6 is 0 Å². The van der Waals surface area contributed by atoms with Crippen LogP contribution in [-0.2, 0) is 4.79 Å². The van der Waals surface area contributed by atoms with Crippen molar-refractivity contribution in [3.05, 3.63) is 12.2 Å². The van der Waals surface area contributed by atoms with Crippen molar-refractivity contribution in [1.82, 2.24) is 5.32 Å². The summed E-state index contributed by atoms with van der Waals surface area (Å²) in [5.74, 6) is 0. The number of amides is 1. The van der Waals surface area contributed by atoms with E-state index in [0.717, 1.165) is 12.8 Å². The van der Waals surface area contributed by atoms with E-state index in [4.69, 9.17) is 0 Å². The molecule has 0 unspecified atom stereocenters. The predicted molar refractivity (Wildman–Crippen MR) is 38.1 cm³/mol. The molecule has 2 heteroatoms. The second kappa shape index (κ2) is 7.21. The van der Waals surface area contributed by atoms with E-state index in [9.17, 15) is 4.79 Å². The van der Waals surface area contributed by atoms with Crippen LogP contribution in [-0.4, -0.2) is 13.0 Å². The fraction of sp³-hybridized carbons (Fsp3) is 0.571. The van der Waals surface area contributed by atoms with Gasteiger partial charge in [0.15, 0.2) is 0 Å². The molecule has 0 saturated heterocycles. The average molecular weight is 127 g/mol. The number of rotatable bonds is 5. The summed E-state index contributed by atoms with van der Waals surface area (Å²) < 4.78 is 0. The van der Waals surface area contributed by atoms with E-state index in [-0.39, 0.29) is 0 Å². The maximum Gasteiger partial charge on any atom is 0.207 e. The Balaban J connectivity index is 2.94. The molecule has 0 saturated carbocycles. The Hall–Kier alpha value is -0.790. The van der Waals surface area contributed by atoms with Gasteiger partial charge in [0.2, 0.25) is 6.41 Å². The van der Waals surface area contributed by atoms with E-state index < -0.39 is 0 Å². The zero-order chi connectivity index (χ0) is 6.95. The largest absolute Gasteiger partial charge is 0.355 e. The van der Waals surface area contributed by atoms with Gasteiger partial charge in [-0.25, -0.2) is 0 Å². The van der Waals surface area contributed by atoms with Crippen molar-refractivity contribution in [1.29, 1.82) is 0 Å². The summed E-state index contributed by atoms with van der Waals surface area (Å²) in [6, 6.07) is 0. The van der Waals surface area contributed by atoms with E-state index in [1.165, 1.54) is 0 Å². The summed E-state index contributed by atoms with van der Waals surface area (Å²) >= 11 is 0. The highest BCUT2D eigenvalue weighted by Gasteiger charge is 1.72. The van der Waals surface area contributed by atoms with Gasteiger partial charge in [-0.2, -0.15) is 0 Å². The summed E-state index contributed by atoms with van der Waals surface area (Å²) in [4.78, 5) is 9.69. The Bertz CT molecular complexity index is 88.9. The van der Waals surface area contributed by atoms with Crippen molar-refractivity contribution in [3.8, 4) is 0 Å². The molecule has 0 aliphatic heterocycles. The molecular formula is C7H13NO. The topological polar surface area (TPSA) is 29.1 Å². The van der Waals surface area contributed by atoms with Crippen LogP contribution in [0.5, 0.6) is 0 Å². The molecule has 0 aromatic heterocycles. The molecule has 0 aliphatic carbocycles. The summed E-state index contributed by atoms with van der Waals surface area (Å²) in [7, 11) is 0. The second-order valence-corrected chi connectivity index (χ2v) is 1.79. The zero-order valence-corrected chi connectivity index (χ0v) is 5.76. The van der Waals surface area contributed by atoms with Gasteiger partial charge in [0.05, 0.1) is 0 Å². The molecule has 0 bridgehead atoms. The Morgan fingerprint density at radius 1 is 1.44 bits per heavy atom. The van der Waals surface area contributed by atoms with E-state index >= 15 is 0 Å². The van der Waals surface area contributed by atoms with E-state index in [2.05, 4.69) is 18.3 Å². The first-order valence-corrected chi connectivity index (χ1v) is 3.23. The zero-order valence-electron chi connectivity index (χ0n) is 5.76. The smallest absolute Gasteiger partial charge is 0.207 e. The molecule has 0 radical (unpaired) electrons. The van der Waals surface area contributed by atoms with Crippen LogP contribution in [0.1, 0.15) is 19.8 Å². The molecule has 1 amide bonds. The van der Waals surface area contributed by atoms with Crippen LogP contribution in [0.25, 0.3) is 0 Å². The fourth-order valence-corrected chi connectivity index (χ4v) is 0.484. The number of allylic oxidation sites excluding steroid dienone is 1. The van der Waals surface area contributed by atoms with Crippen LogP contribution < -0.4 is 5.32 Å². The van der Waals surface area contributed by atoms with Gasteiger partial charge in [-0.1, -0.05) is 25.5 Å². The van der Waals surface area contributed by atoms with Gasteiger partial charge in [0.25, 0.3) is 0 Å². The molecule has 2 nitrogen and oxygen atoms in total. The molecule has 0 aliphatic rings. The molecular weight excluding hydrogens is 114 g/mol. The minimum atomic E-state index is 0.656. The molecule has 0 rings (SSSR count). The molecule has 0 spiro atoms. The molecule has 0 atom stereocenters. The van der Waals surface area contributed by atoms with Gasteiger partial charge in [0, 0.05) is 6.54 Å². The van der Waals surface area contributed by atoms with Crippen LogP contribution in [0.15, 0.2) is 12.2 Å². The minimum Gasteiger partial charge on any atom is -0.355 e. The van der Waals surface area contributed by atoms with Gasteiger partial charge < -0.3 is 5.32 Å². The highest BCUT2D eigenvalue weighted by molar-refractivity contribution is 5.46. The van der Waals surface area contributed by atoms with E-state index in [1.807, 2.05) is 6.08 Å². The third-order valence-electron chi connectivity index (χ3n) is 0.941. The Labute approximate surface area is 56.0 Å². The first-order chi connectivity index (χ1) is 4.41. The van der Waals surface area contributed by atoms with Crippen molar-refractivity contribution in [2.45, 2.75) is 19.8 Å². The lowest BCUT2D eigenvalue weighted by molar-refractivity contribution is -0.109. The summed E-state index contributed by atoms with van der Waals surface area (Å²) in [5.41, 5.74) is 0. The molecule has 0 aromatic carbocycles. The van der Waals surface area contributed by atoms with E-state index in [1.54, 1.807) is 0 Å². The Kier molecular flexibility index (Phi) is 6.58. The minimum absolute atomic E-state index is 0.656. The van der Waals surface area contributed by atoms with Crippen LogP contribution in [0.3, 0.4) is 0 Å². The molecule has 1 N–H and O–H groups in total. The molecule has 0 aromatic rings. The van der Waals surface area contributed by atoms with Crippen molar-refractivity contribution in [2.75, 3.05) is 6.54 Å². The SMILES string of the molecule is CCC/C=C/CNC=O. The molecule has 0 heterocycles. The van der Waals surface area contributed by atoms with Gasteiger partial charge in [-0.05, 0) is 6.42 Å².